The molecule has 2 aliphatic rings. The first kappa shape index (κ1) is 7.80. The fourth-order valence-corrected chi connectivity index (χ4v) is 2.18. The van der Waals surface area contributed by atoms with E-state index in [9.17, 15) is 4.79 Å². The Hall–Kier alpha value is -0.830. The molecule has 1 aliphatic carbocycles. The zero-order chi connectivity index (χ0) is 8.77. The topological polar surface area (TPSA) is 46.3 Å². The van der Waals surface area contributed by atoms with Crippen molar-refractivity contribution in [3.8, 4) is 0 Å². The standard InChI is InChI=1S/C9H14N2O/c1-2-8(12)11-5-7-3-4-9(7,10)6-11/h2,7H,1,3-6,10H2. The summed E-state index contributed by atoms with van der Waals surface area (Å²) in [6.07, 6.45) is 3.62. The van der Waals surface area contributed by atoms with E-state index in [0.29, 0.717) is 5.92 Å². The Balaban J connectivity index is 2.06. The van der Waals surface area contributed by atoms with Crippen LogP contribution in [-0.4, -0.2) is 29.4 Å². The minimum atomic E-state index is -0.0569. The van der Waals surface area contributed by atoms with E-state index in [1.807, 2.05) is 4.90 Å². The average Bonchev–Trinajstić information content (AvgIpc) is 2.28. The molecule has 1 aliphatic heterocycles. The van der Waals surface area contributed by atoms with E-state index in [1.165, 1.54) is 12.5 Å². The van der Waals surface area contributed by atoms with Crippen LogP contribution in [0, 0.1) is 5.92 Å². The van der Waals surface area contributed by atoms with Crippen LogP contribution < -0.4 is 5.73 Å². The van der Waals surface area contributed by atoms with Crippen molar-refractivity contribution in [3.63, 3.8) is 0 Å². The van der Waals surface area contributed by atoms with Crippen molar-refractivity contribution in [3.05, 3.63) is 12.7 Å². The lowest BCUT2D eigenvalue weighted by atomic mass is 9.70. The molecule has 1 saturated heterocycles. The molecule has 0 aromatic rings. The Bertz CT molecular complexity index is 239. The van der Waals surface area contributed by atoms with Gasteiger partial charge in [-0.05, 0) is 24.8 Å². The van der Waals surface area contributed by atoms with Gasteiger partial charge in [-0.15, -0.1) is 0 Å². The van der Waals surface area contributed by atoms with E-state index in [1.54, 1.807) is 0 Å². The molecular formula is C9H14N2O. The van der Waals surface area contributed by atoms with Crippen LogP contribution in [0.2, 0.25) is 0 Å². The Morgan fingerprint density at radius 1 is 1.75 bits per heavy atom. The second-order valence-electron chi connectivity index (χ2n) is 3.89. The highest BCUT2D eigenvalue weighted by atomic mass is 16.2. The lowest BCUT2D eigenvalue weighted by Crippen LogP contribution is -2.54. The summed E-state index contributed by atoms with van der Waals surface area (Å²) in [6, 6.07) is 0. The molecule has 2 fully saturated rings. The third kappa shape index (κ3) is 0.894. The molecule has 12 heavy (non-hydrogen) atoms. The molecule has 0 aromatic carbocycles. The van der Waals surface area contributed by atoms with Gasteiger partial charge in [0.2, 0.25) is 5.91 Å². The monoisotopic (exact) mass is 166 g/mol. The Morgan fingerprint density at radius 2 is 2.50 bits per heavy atom. The number of carbonyl (C=O) groups excluding carboxylic acids is 1. The minimum Gasteiger partial charge on any atom is -0.337 e. The van der Waals surface area contributed by atoms with Crippen LogP contribution in [0.1, 0.15) is 12.8 Å². The molecular weight excluding hydrogens is 152 g/mol. The first-order chi connectivity index (χ1) is 5.65. The van der Waals surface area contributed by atoms with Gasteiger partial charge in [0, 0.05) is 18.6 Å². The summed E-state index contributed by atoms with van der Waals surface area (Å²) >= 11 is 0. The molecule has 0 aromatic heterocycles. The summed E-state index contributed by atoms with van der Waals surface area (Å²) in [5, 5.41) is 0. The van der Waals surface area contributed by atoms with Crippen LogP contribution >= 0.6 is 0 Å². The fraction of sp³-hybridized carbons (Fsp3) is 0.667. The smallest absolute Gasteiger partial charge is 0.246 e. The molecule has 0 bridgehead atoms. The van der Waals surface area contributed by atoms with Crippen molar-refractivity contribution in [2.75, 3.05) is 13.1 Å². The number of nitrogens with two attached hydrogens (primary N) is 1. The zero-order valence-corrected chi connectivity index (χ0v) is 7.12. The molecule has 1 heterocycles. The molecule has 2 unspecified atom stereocenters. The van der Waals surface area contributed by atoms with Gasteiger partial charge in [0.05, 0.1) is 0 Å². The van der Waals surface area contributed by atoms with Gasteiger partial charge >= 0.3 is 0 Å². The highest BCUT2D eigenvalue weighted by molar-refractivity contribution is 5.87. The van der Waals surface area contributed by atoms with Gasteiger partial charge in [-0.2, -0.15) is 0 Å². The molecule has 3 nitrogen and oxygen atoms in total. The summed E-state index contributed by atoms with van der Waals surface area (Å²) in [5.41, 5.74) is 6.01. The van der Waals surface area contributed by atoms with E-state index < -0.39 is 0 Å². The molecule has 2 rings (SSSR count). The van der Waals surface area contributed by atoms with Crippen LogP contribution in [-0.2, 0) is 4.79 Å². The van der Waals surface area contributed by atoms with Gasteiger partial charge in [0.25, 0.3) is 0 Å². The lowest BCUT2D eigenvalue weighted by molar-refractivity contribution is -0.125. The van der Waals surface area contributed by atoms with E-state index in [2.05, 4.69) is 6.58 Å². The first-order valence-corrected chi connectivity index (χ1v) is 4.36. The van der Waals surface area contributed by atoms with Crippen molar-refractivity contribution < 1.29 is 4.79 Å². The number of hydrogen-bond donors (Lipinski definition) is 1. The van der Waals surface area contributed by atoms with Gasteiger partial charge < -0.3 is 10.6 Å². The summed E-state index contributed by atoms with van der Waals surface area (Å²) in [5.74, 6) is 0.565. The molecule has 2 atom stereocenters. The van der Waals surface area contributed by atoms with Gasteiger partial charge in [-0.3, -0.25) is 4.79 Å². The normalized spacial score (nSPS) is 38.8. The van der Waals surface area contributed by atoms with Crippen molar-refractivity contribution in [2.45, 2.75) is 18.4 Å². The van der Waals surface area contributed by atoms with Crippen molar-refractivity contribution in [2.24, 2.45) is 11.7 Å². The average molecular weight is 166 g/mol. The lowest BCUT2D eigenvalue weighted by Gasteiger charge is -2.39. The number of carbonyl (C=O) groups is 1. The minimum absolute atomic E-state index is 0.0224. The predicted molar refractivity (Wildman–Crippen MR) is 46.4 cm³/mol. The van der Waals surface area contributed by atoms with Gasteiger partial charge in [0.15, 0.2) is 0 Å². The number of rotatable bonds is 1. The van der Waals surface area contributed by atoms with E-state index in [0.717, 1.165) is 19.5 Å². The number of likely N-dealkylation sites (tertiary alicyclic amines) is 1. The Labute approximate surface area is 72.2 Å². The maximum Gasteiger partial charge on any atom is 0.246 e. The first-order valence-electron chi connectivity index (χ1n) is 4.36. The molecule has 1 amide bonds. The van der Waals surface area contributed by atoms with Crippen LogP contribution in [0.15, 0.2) is 12.7 Å². The summed E-state index contributed by atoms with van der Waals surface area (Å²) < 4.78 is 0. The third-order valence-electron chi connectivity index (χ3n) is 3.18. The SMILES string of the molecule is C=CC(=O)N1CC2CCC2(N)C1. The number of fused-ring (bicyclic) bond motifs is 1. The molecule has 2 N–H and O–H groups in total. The van der Waals surface area contributed by atoms with E-state index >= 15 is 0 Å². The van der Waals surface area contributed by atoms with Gasteiger partial charge in [-0.25, -0.2) is 0 Å². The quantitative estimate of drug-likeness (QED) is 0.562. The third-order valence-corrected chi connectivity index (χ3v) is 3.18. The van der Waals surface area contributed by atoms with Crippen LogP contribution in [0.5, 0.6) is 0 Å². The van der Waals surface area contributed by atoms with Crippen molar-refractivity contribution in [1.29, 1.82) is 0 Å². The Kier molecular flexibility index (Phi) is 1.51. The summed E-state index contributed by atoms with van der Waals surface area (Å²) in [7, 11) is 0. The zero-order valence-electron chi connectivity index (χ0n) is 7.12. The second-order valence-corrected chi connectivity index (χ2v) is 3.89. The van der Waals surface area contributed by atoms with Gasteiger partial charge in [-0.1, -0.05) is 6.58 Å². The number of hydrogen-bond acceptors (Lipinski definition) is 2. The largest absolute Gasteiger partial charge is 0.337 e. The number of amides is 1. The van der Waals surface area contributed by atoms with E-state index in [-0.39, 0.29) is 11.4 Å². The Morgan fingerprint density at radius 3 is 2.83 bits per heavy atom. The van der Waals surface area contributed by atoms with Crippen molar-refractivity contribution in [1.82, 2.24) is 4.90 Å². The maximum absolute atomic E-state index is 11.2. The molecule has 66 valence electrons. The van der Waals surface area contributed by atoms with Crippen LogP contribution in [0.3, 0.4) is 0 Å². The van der Waals surface area contributed by atoms with Crippen LogP contribution in [0.25, 0.3) is 0 Å². The summed E-state index contributed by atoms with van der Waals surface area (Å²) in [6.45, 7) is 5.03. The molecule has 0 spiro atoms. The fourth-order valence-electron chi connectivity index (χ4n) is 2.18. The highest BCUT2D eigenvalue weighted by Crippen LogP contribution is 2.42. The number of nitrogens with zero attached hydrogens (tertiary/aromatic N) is 1. The van der Waals surface area contributed by atoms with Crippen molar-refractivity contribution >= 4 is 5.91 Å². The summed E-state index contributed by atoms with van der Waals surface area (Å²) in [4.78, 5) is 13.0. The molecule has 1 saturated carbocycles. The molecule has 3 heteroatoms. The van der Waals surface area contributed by atoms with Crippen LogP contribution in [0.4, 0.5) is 0 Å². The maximum atomic E-state index is 11.2. The van der Waals surface area contributed by atoms with Gasteiger partial charge in [0.1, 0.15) is 0 Å². The van der Waals surface area contributed by atoms with E-state index in [4.69, 9.17) is 5.73 Å². The molecule has 0 radical (unpaired) electrons. The second kappa shape index (κ2) is 2.33. The highest BCUT2D eigenvalue weighted by Gasteiger charge is 2.50. The predicted octanol–water partition coefficient (Wildman–Crippen LogP) is 0.122.